The minimum atomic E-state index is -0.518. The molecule has 1 N–H and O–H groups in total. The first-order chi connectivity index (χ1) is 14.6. The number of aryl methyl sites for hydroxylation is 2. The van der Waals surface area contributed by atoms with Crippen LogP contribution in [0.4, 0.5) is 5.69 Å². The van der Waals surface area contributed by atoms with E-state index < -0.39 is 11.9 Å². The van der Waals surface area contributed by atoms with E-state index in [0.29, 0.717) is 22.8 Å². The number of hydrogen-bond donors (Lipinski definition) is 1. The number of carbonyl (C=O) groups excluding carboxylic acids is 2. The van der Waals surface area contributed by atoms with E-state index in [1.54, 1.807) is 28.7 Å². The van der Waals surface area contributed by atoms with Gasteiger partial charge < -0.3 is 10.1 Å². The molecule has 1 aliphatic rings. The van der Waals surface area contributed by atoms with Crippen molar-refractivity contribution in [3.05, 3.63) is 62.5 Å². The smallest absolute Gasteiger partial charge is 0.338 e. The van der Waals surface area contributed by atoms with E-state index in [1.165, 1.54) is 22.4 Å². The number of thiazole rings is 1. The lowest BCUT2D eigenvalue weighted by atomic mass is 10.0. The molecule has 0 aliphatic heterocycles. The van der Waals surface area contributed by atoms with Crippen molar-refractivity contribution in [3.63, 3.8) is 0 Å². The number of aromatic nitrogens is 2. The number of hydrogen-bond acceptors (Lipinski definition) is 6. The van der Waals surface area contributed by atoms with Crippen molar-refractivity contribution >= 4 is 33.9 Å². The summed E-state index contributed by atoms with van der Waals surface area (Å²) in [5.74, 6) is -0.910. The van der Waals surface area contributed by atoms with Crippen molar-refractivity contribution in [1.29, 1.82) is 0 Å². The third kappa shape index (κ3) is 4.00. The number of carbonyl (C=O) groups is 2. The average molecular weight is 426 g/mol. The second-order valence-corrected chi connectivity index (χ2v) is 8.36. The van der Waals surface area contributed by atoms with Crippen molar-refractivity contribution in [3.8, 4) is 0 Å². The van der Waals surface area contributed by atoms with Crippen molar-refractivity contribution < 1.29 is 14.3 Å². The monoisotopic (exact) mass is 425 g/mol. The van der Waals surface area contributed by atoms with Crippen LogP contribution in [0.2, 0.25) is 0 Å². The van der Waals surface area contributed by atoms with Gasteiger partial charge in [-0.15, -0.1) is 11.3 Å². The van der Waals surface area contributed by atoms with Crippen LogP contribution in [0.3, 0.4) is 0 Å². The summed E-state index contributed by atoms with van der Waals surface area (Å²) in [7, 11) is 0. The van der Waals surface area contributed by atoms with Crippen molar-refractivity contribution in [2.24, 2.45) is 0 Å². The van der Waals surface area contributed by atoms with Crippen LogP contribution in [-0.4, -0.2) is 27.9 Å². The summed E-state index contributed by atoms with van der Waals surface area (Å²) in [6, 6.07) is 6.41. The molecule has 0 fully saturated rings. The normalized spacial score (nSPS) is 13.1. The molecule has 0 radical (unpaired) electrons. The quantitative estimate of drug-likeness (QED) is 0.479. The highest BCUT2D eigenvalue weighted by molar-refractivity contribution is 7.17. The van der Waals surface area contributed by atoms with Gasteiger partial charge in [0.05, 0.1) is 12.2 Å². The highest BCUT2D eigenvalue weighted by Crippen LogP contribution is 2.28. The Kier molecular flexibility index (Phi) is 5.94. The Morgan fingerprint density at radius 3 is 2.73 bits per heavy atom. The molecule has 156 valence electrons. The van der Waals surface area contributed by atoms with E-state index in [-0.39, 0.29) is 11.1 Å². The zero-order valence-corrected chi connectivity index (χ0v) is 17.6. The van der Waals surface area contributed by atoms with E-state index >= 15 is 0 Å². The molecule has 0 atom stereocenters. The number of benzene rings is 1. The Morgan fingerprint density at radius 1 is 1.20 bits per heavy atom. The molecule has 0 saturated carbocycles. The Bertz CT molecular complexity index is 1150. The summed E-state index contributed by atoms with van der Waals surface area (Å²) >= 11 is 1.53. The van der Waals surface area contributed by atoms with Crippen molar-refractivity contribution in [2.75, 3.05) is 11.9 Å². The molecule has 0 bridgehead atoms. The number of rotatable bonds is 6. The van der Waals surface area contributed by atoms with Gasteiger partial charge in [-0.25, -0.2) is 9.78 Å². The SMILES string of the molecule is CCCCOC(=O)c1ccc(NC(=O)c2cnc3sc4c(n3c2=O)CCCC4)cc1. The summed E-state index contributed by atoms with van der Waals surface area (Å²) in [5.41, 5.74) is 1.55. The van der Waals surface area contributed by atoms with Crippen LogP contribution in [0, 0.1) is 0 Å². The fourth-order valence-electron chi connectivity index (χ4n) is 3.50. The fourth-order valence-corrected chi connectivity index (χ4v) is 4.67. The predicted molar refractivity (Wildman–Crippen MR) is 116 cm³/mol. The summed E-state index contributed by atoms with van der Waals surface area (Å²) in [4.78, 5) is 43.8. The molecule has 2 heterocycles. The summed E-state index contributed by atoms with van der Waals surface area (Å²) in [6.07, 6.45) is 7.05. The number of esters is 1. The van der Waals surface area contributed by atoms with E-state index in [1.807, 2.05) is 6.92 Å². The number of amides is 1. The predicted octanol–water partition coefficient (Wildman–Crippen LogP) is 3.84. The van der Waals surface area contributed by atoms with E-state index in [2.05, 4.69) is 10.3 Å². The topological polar surface area (TPSA) is 89.8 Å². The second kappa shape index (κ2) is 8.79. The number of nitrogens with one attached hydrogen (secondary N) is 1. The molecule has 8 heteroatoms. The minimum Gasteiger partial charge on any atom is -0.462 e. The van der Waals surface area contributed by atoms with Crippen LogP contribution in [-0.2, 0) is 17.6 Å². The molecule has 0 spiro atoms. The first-order valence-electron chi connectivity index (χ1n) is 10.2. The van der Waals surface area contributed by atoms with Crippen LogP contribution in [0.25, 0.3) is 4.96 Å². The molecule has 0 unspecified atom stereocenters. The third-order valence-corrected chi connectivity index (χ3v) is 6.31. The summed E-state index contributed by atoms with van der Waals surface area (Å²) in [5, 5.41) is 2.71. The van der Waals surface area contributed by atoms with Crippen LogP contribution >= 0.6 is 11.3 Å². The third-order valence-electron chi connectivity index (χ3n) is 5.16. The average Bonchev–Trinajstić information content (AvgIpc) is 3.14. The second-order valence-electron chi connectivity index (χ2n) is 7.29. The highest BCUT2D eigenvalue weighted by atomic mass is 32.1. The van der Waals surface area contributed by atoms with Crippen molar-refractivity contribution in [2.45, 2.75) is 45.4 Å². The molecule has 7 nitrogen and oxygen atoms in total. The lowest BCUT2D eigenvalue weighted by Crippen LogP contribution is -2.27. The first-order valence-corrected chi connectivity index (χ1v) is 11.0. The van der Waals surface area contributed by atoms with Gasteiger partial charge in [0.25, 0.3) is 11.5 Å². The molecule has 2 aromatic heterocycles. The van der Waals surface area contributed by atoms with Gasteiger partial charge >= 0.3 is 5.97 Å². The maximum absolute atomic E-state index is 13.0. The molecule has 4 rings (SSSR count). The Balaban J connectivity index is 1.51. The number of unbranched alkanes of at least 4 members (excludes halogenated alkanes) is 1. The van der Waals surface area contributed by atoms with Crippen molar-refractivity contribution in [1.82, 2.24) is 9.38 Å². The number of ether oxygens (including phenoxy) is 1. The van der Waals surface area contributed by atoms with Gasteiger partial charge in [0, 0.05) is 22.5 Å². The Morgan fingerprint density at radius 2 is 1.97 bits per heavy atom. The number of anilines is 1. The molecule has 1 aliphatic carbocycles. The fraction of sp³-hybridized carbons (Fsp3) is 0.364. The molecule has 30 heavy (non-hydrogen) atoms. The maximum atomic E-state index is 13.0. The molecule has 1 aromatic carbocycles. The van der Waals surface area contributed by atoms with Gasteiger partial charge in [-0.3, -0.25) is 14.0 Å². The van der Waals surface area contributed by atoms with Crippen LogP contribution in [0.5, 0.6) is 0 Å². The van der Waals surface area contributed by atoms with Gasteiger partial charge in [-0.05, 0) is 56.4 Å². The number of nitrogens with zero attached hydrogens (tertiary/aromatic N) is 2. The van der Waals surface area contributed by atoms with Gasteiger partial charge in [0.1, 0.15) is 5.56 Å². The summed E-state index contributed by atoms with van der Waals surface area (Å²) < 4.78 is 6.76. The molecular weight excluding hydrogens is 402 g/mol. The lowest BCUT2D eigenvalue weighted by molar-refractivity contribution is 0.0499. The molecule has 0 saturated heterocycles. The zero-order chi connectivity index (χ0) is 21.1. The molecule has 3 aromatic rings. The lowest BCUT2D eigenvalue weighted by Gasteiger charge is -2.10. The van der Waals surface area contributed by atoms with Crippen LogP contribution < -0.4 is 10.9 Å². The first kappa shape index (κ1) is 20.3. The van der Waals surface area contributed by atoms with E-state index in [0.717, 1.165) is 44.2 Å². The minimum absolute atomic E-state index is 0.00160. The summed E-state index contributed by atoms with van der Waals surface area (Å²) in [6.45, 7) is 2.41. The van der Waals surface area contributed by atoms with Crippen LogP contribution in [0.1, 0.15) is 63.9 Å². The van der Waals surface area contributed by atoms with Gasteiger partial charge in [-0.1, -0.05) is 13.3 Å². The van der Waals surface area contributed by atoms with E-state index in [4.69, 9.17) is 4.74 Å². The van der Waals surface area contributed by atoms with Gasteiger partial charge in [0.2, 0.25) is 0 Å². The Hall–Kier alpha value is -3.00. The van der Waals surface area contributed by atoms with Crippen LogP contribution in [0.15, 0.2) is 35.3 Å². The van der Waals surface area contributed by atoms with Gasteiger partial charge in [-0.2, -0.15) is 0 Å². The largest absolute Gasteiger partial charge is 0.462 e. The standard InChI is InChI=1S/C22H23N3O4S/c1-2-3-12-29-21(28)14-8-10-15(11-9-14)24-19(26)16-13-23-22-25(20(16)27)17-6-4-5-7-18(17)30-22/h8-11,13H,2-7,12H2,1H3,(H,24,26). The molecular formula is C22H23N3O4S. The highest BCUT2D eigenvalue weighted by Gasteiger charge is 2.21. The Labute approximate surface area is 177 Å². The van der Waals surface area contributed by atoms with Gasteiger partial charge in [0.15, 0.2) is 4.96 Å². The molecule has 1 amide bonds. The maximum Gasteiger partial charge on any atom is 0.338 e. The number of fused-ring (bicyclic) bond motifs is 3. The zero-order valence-electron chi connectivity index (χ0n) is 16.8. The van der Waals surface area contributed by atoms with E-state index in [9.17, 15) is 14.4 Å².